The Hall–Kier alpha value is -1.11. The lowest BCUT2D eigenvalue weighted by molar-refractivity contribution is -0.138. The molecule has 1 aliphatic rings. The van der Waals surface area contributed by atoms with Crippen LogP contribution in [0.15, 0.2) is 5.16 Å². The van der Waals surface area contributed by atoms with Gasteiger partial charge in [-0.25, -0.2) is 4.68 Å². The van der Waals surface area contributed by atoms with Crippen molar-refractivity contribution in [2.45, 2.75) is 42.6 Å². The number of aromatic nitrogens is 4. The minimum atomic E-state index is -0.921. The van der Waals surface area contributed by atoms with Crippen molar-refractivity contribution in [1.29, 1.82) is 0 Å². The number of carbonyl (C=O) groups is 1. The van der Waals surface area contributed by atoms with Gasteiger partial charge in [-0.1, -0.05) is 24.6 Å². The Labute approximate surface area is 91.0 Å². The fourth-order valence-electron chi connectivity index (χ4n) is 1.66. The van der Waals surface area contributed by atoms with Crippen molar-refractivity contribution in [3.63, 3.8) is 0 Å². The first kappa shape index (κ1) is 10.4. The zero-order valence-electron chi connectivity index (χ0n) is 8.17. The van der Waals surface area contributed by atoms with Gasteiger partial charge in [0.2, 0.25) is 5.16 Å². The molecule has 0 spiro atoms. The van der Waals surface area contributed by atoms with Gasteiger partial charge in [0.15, 0.2) is 0 Å². The molecule has 7 heteroatoms. The number of hydrogen-bond donors (Lipinski definition) is 1. The summed E-state index contributed by atoms with van der Waals surface area (Å²) >= 11 is 1.59. The molecule has 1 fully saturated rings. The number of tetrazole rings is 1. The lowest BCUT2D eigenvalue weighted by atomic mass is 10.4. The average molecular weight is 228 g/mol. The van der Waals surface area contributed by atoms with Crippen LogP contribution in [0.4, 0.5) is 0 Å². The maximum absolute atomic E-state index is 10.5. The smallest absolute Gasteiger partial charge is 0.325 e. The highest BCUT2D eigenvalue weighted by atomic mass is 32.2. The Balaban J connectivity index is 2.00. The van der Waals surface area contributed by atoms with E-state index in [0.29, 0.717) is 10.4 Å². The third-order valence-electron chi connectivity index (χ3n) is 2.36. The minimum absolute atomic E-state index is 0.165. The van der Waals surface area contributed by atoms with Crippen LogP contribution in [-0.2, 0) is 11.3 Å². The molecular weight excluding hydrogens is 216 g/mol. The second kappa shape index (κ2) is 4.61. The first-order chi connectivity index (χ1) is 7.25. The maximum Gasteiger partial charge on any atom is 0.325 e. The molecule has 0 bridgehead atoms. The topological polar surface area (TPSA) is 80.9 Å². The second-order valence-corrected chi connectivity index (χ2v) is 4.80. The van der Waals surface area contributed by atoms with E-state index in [2.05, 4.69) is 15.5 Å². The highest BCUT2D eigenvalue weighted by molar-refractivity contribution is 7.99. The number of carboxylic acids is 1. The molecule has 82 valence electrons. The summed E-state index contributed by atoms with van der Waals surface area (Å²) in [5, 5.41) is 20.8. The van der Waals surface area contributed by atoms with Crippen LogP contribution in [0.25, 0.3) is 0 Å². The highest BCUT2D eigenvalue weighted by Crippen LogP contribution is 2.33. The van der Waals surface area contributed by atoms with Crippen LogP contribution in [0.1, 0.15) is 25.7 Å². The molecule has 1 N–H and O–H groups in total. The van der Waals surface area contributed by atoms with E-state index < -0.39 is 5.97 Å². The largest absolute Gasteiger partial charge is 0.480 e. The molecule has 6 nitrogen and oxygen atoms in total. The normalized spacial score (nSPS) is 17.1. The molecule has 0 aliphatic heterocycles. The van der Waals surface area contributed by atoms with Gasteiger partial charge in [-0.05, 0) is 23.3 Å². The minimum Gasteiger partial charge on any atom is -0.480 e. The zero-order valence-corrected chi connectivity index (χ0v) is 8.98. The molecule has 1 aliphatic carbocycles. The summed E-state index contributed by atoms with van der Waals surface area (Å²) in [6.45, 7) is -0.165. The summed E-state index contributed by atoms with van der Waals surface area (Å²) < 4.78 is 1.34. The fourth-order valence-corrected chi connectivity index (χ4v) is 2.84. The van der Waals surface area contributed by atoms with Crippen LogP contribution in [0.2, 0.25) is 0 Å². The van der Waals surface area contributed by atoms with Crippen LogP contribution in [0.3, 0.4) is 0 Å². The molecule has 0 saturated heterocycles. The molecular formula is C8H12N4O2S. The molecule has 15 heavy (non-hydrogen) atoms. The molecule has 0 unspecified atom stereocenters. The van der Waals surface area contributed by atoms with Crippen molar-refractivity contribution in [3.8, 4) is 0 Å². The molecule has 1 aromatic rings. The Morgan fingerprint density at radius 1 is 1.53 bits per heavy atom. The summed E-state index contributed by atoms with van der Waals surface area (Å²) in [5.41, 5.74) is 0. The molecule has 1 saturated carbocycles. The molecule has 0 aromatic carbocycles. The molecule has 0 atom stereocenters. The van der Waals surface area contributed by atoms with Crippen LogP contribution < -0.4 is 0 Å². The molecule has 2 rings (SSSR count). The number of rotatable bonds is 4. The van der Waals surface area contributed by atoms with E-state index in [4.69, 9.17) is 5.11 Å². The summed E-state index contributed by atoms with van der Waals surface area (Å²) in [5.74, 6) is -0.921. The lowest BCUT2D eigenvalue weighted by Crippen LogP contribution is -2.12. The summed E-state index contributed by atoms with van der Waals surface area (Å²) in [7, 11) is 0. The number of aliphatic carboxylic acids is 1. The maximum atomic E-state index is 10.5. The Morgan fingerprint density at radius 2 is 2.27 bits per heavy atom. The quantitative estimate of drug-likeness (QED) is 0.820. The summed E-state index contributed by atoms with van der Waals surface area (Å²) in [4.78, 5) is 10.5. The molecule has 0 radical (unpaired) electrons. The Kier molecular flexibility index (Phi) is 3.20. The highest BCUT2D eigenvalue weighted by Gasteiger charge is 2.20. The predicted octanol–water partition coefficient (Wildman–Crippen LogP) is 0.792. The average Bonchev–Trinajstić information content (AvgIpc) is 2.78. The van der Waals surface area contributed by atoms with Crippen LogP contribution in [0, 0.1) is 0 Å². The van der Waals surface area contributed by atoms with Crippen molar-refractivity contribution in [2.24, 2.45) is 0 Å². The van der Waals surface area contributed by atoms with E-state index in [1.54, 1.807) is 11.8 Å². The first-order valence-corrected chi connectivity index (χ1v) is 5.78. The first-order valence-electron chi connectivity index (χ1n) is 4.90. The number of nitrogens with zero attached hydrogens (tertiary/aromatic N) is 4. The van der Waals surface area contributed by atoms with E-state index in [9.17, 15) is 4.79 Å². The number of hydrogen-bond acceptors (Lipinski definition) is 5. The van der Waals surface area contributed by atoms with Crippen molar-refractivity contribution >= 4 is 17.7 Å². The Morgan fingerprint density at radius 3 is 2.93 bits per heavy atom. The van der Waals surface area contributed by atoms with Crippen molar-refractivity contribution in [3.05, 3.63) is 0 Å². The van der Waals surface area contributed by atoms with Gasteiger partial charge in [0, 0.05) is 5.25 Å². The summed E-state index contributed by atoms with van der Waals surface area (Å²) in [6.07, 6.45) is 4.84. The molecule has 1 heterocycles. The second-order valence-electron chi connectivity index (χ2n) is 3.54. The number of thioether (sulfide) groups is 1. The fraction of sp³-hybridized carbons (Fsp3) is 0.750. The van der Waals surface area contributed by atoms with Gasteiger partial charge < -0.3 is 5.11 Å². The van der Waals surface area contributed by atoms with Crippen LogP contribution >= 0.6 is 11.8 Å². The third kappa shape index (κ3) is 2.68. The van der Waals surface area contributed by atoms with Gasteiger partial charge in [-0.15, -0.1) is 5.10 Å². The predicted molar refractivity (Wildman–Crippen MR) is 53.6 cm³/mol. The third-order valence-corrected chi connectivity index (χ3v) is 3.67. The standard InChI is InChI=1S/C8H12N4O2S/c13-7(14)5-12-8(9-10-11-12)15-6-3-1-2-4-6/h6H,1-5H2,(H,13,14). The molecule has 0 amide bonds. The van der Waals surface area contributed by atoms with E-state index in [1.165, 1.54) is 30.4 Å². The van der Waals surface area contributed by atoms with Gasteiger partial charge in [-0.3, -0.25) is 4.79 Å². The SMILES string of the molecule is O=C(O)Cn1nnnc1SC1CCCC1. The number of carboxylic acid groups (broad SMARTS) is 1. The van der Waals surface area contributed by atoms with E-state index in [0.717, 1.165) is 0 Å². The van der Waals surface area contributed by atoms with Crippen molar-refractivity contribution in [1.82, 2.24) is 20.2 Å². The Bertz CT molecular complexity index is 348. The van der Waals surface area contributed by atoms with E-state index in [-0.39, 0.29) is 6.54 Å². The van der Waals surface area contributed by atoms with Crippen molar-refractivity contribution < 1.29 is 9.90 Å². The van der Waals surface area contributed by atoms with Crippen molar-refractivity contribution in [2.75, 3.05) is 0 Å². The molecule has 1 aromatic heterocycles. The summed E-state index contributed by atoms with van der Waals surface area (Å²) in [6, 6.07) is 0. The van der Waals surface area contributed by atoms with Gasteiger partial charge >= 0.3 is 5.97 Å². The monoisotopic (exact) mass is 228 g/mol. The van der Waals surface area contributed by atoms with E-state index in [1.807, 2.05) is 0 Å². The van der Waals surface area contributed by atoms with Gasteiger partial charge in [0.25, 0.3) is 0 Å². The van der Waals surface area contributed by atoms with Crippen LogP contribution in [0.5, 0.6) is 0 Å². The van der Waals surface area contributed by atoms with Gasteiger partial charge in [0.1, 0.15) is 6.54 Å². The van der Waals surface area contributed by atoms with Gasteiger partial charge in [0.05, 0.1) is 0 Å². The van der Waals surface area contributed by atoms with E-state index >= 15 is 0 Å². The lowest BCUT2D eigenvalue weighted by Gasteiger charge is -2.06. The van der Waals surface area contributed by atoms with Crippen LogP contribution in [-0.4, -0.2) is 36.5 Å². The zero-order chi connectivity index (χ0) is 10.7. The van der Waals surface area contributed by atoms with Gasteiger partial charge in [-0.2, -0.15) is 0 Å².